The van der Waals surface area contributed by atoms with Crippen molar-refractivity contribution in [3.63, 3.8) is 0 Å². The Balaban J connectivity index is 1.07. The molecule has 184 valence electrons. The number of ether oxygens (including phenoxy) is 1. The number of piperidine rings is 1. The summed E-state index contributed by atoms with van der Waals surface area (Å²) in [6.45, 7) is 2.21. The normalized spacial score (nSPS) is 17.5. The van der Waals surface area contributed by atoms with Crippen LogP contribution in [0, 0.1) is 0 Å². The fourth-order valence-corrected chi connectivity index (χ4v) is 5.23. The maximum atomic E-state index is 12.6. The third-order valence-electron chi connectivity index (χ3n) is 7.40. The highest BCUT2D eigenvalue weighted by Crippen LogP contribution is 2.28. The second-order valence-electron chi connectivity index (χ2n) is 9.76. The van der Waals surface area contributed by atoms with Crippen LogP contribution in [-0.4, -0.2) is 51.9 Å². The van der Waals surface area contributed by atoms with Gasteiger partial charge in [-0.05, 0) is 67.0 Å². The molecule has 3 aromatic rings. The van der Waals surface area contributed by atoms with Crippen LogP contribution in [0.2, 0.25) is 0 Å². The van der Waals surface area contributed by atoms with E-state index < -0.39 is 0 Å². The van der Waals surface area contributed by atoms with Crippen molar-refractivity contribution in [2.45, 2.75) is 63.5 Å². The number of hydrogen-bond acceptors (Lipinski definition) is 4. The Labute approximate surface area is 206 Å². The van der Waals surface area contributed by atoms with E-state index in [0.717, 1.165) is 50.0 Å². The van der Waals surface area contributed by atoms with Gasteiger partial charge in [-0.25, -0.2) is 4.98 Å². The molecule has 2 amide bonds. The first-order valence-electron chi connectivity index (χ1n) is 12.8. The lowest BCUT2D eigenvalue weighted by atomic mass is 9.89. The number of carbonyl (C=O) groups excluding carboxylic acids is 2. The van der Waals surface area contributed by atoms with Crippen molar-refractivity contribution < 1.29 is 14.3 Å². The van der Waals surface area contributed by atoms with Crippen LogP contribution < -0.4 is 5.32 Å². The Morgan fingerprint density at radius 2 is 1.74 bits per heavy atom. The molecule has 7 heteroatoms. The summed E-state index contributed by atoms with van der Waals surface area (Å²) < 4.78 is 7.82. The Morgan fingerprint density at radius 3 is 2.51 bits per heavy atom. The zero-order valence-electron chi connectivity index (χ0n) is 20.2. The molecule has 35 heavy (non-hydrogen) atoms. The number of amides is 2. The maximum absolute atomic E-state index is 12.6. The lowest BCUT2D eigenvalue weighted by Crippen LogP contribution is -2.40. The number of fused-ring (bicyclic) bond motifs is 1. The Hall–Kier alpha value is -3.19. The Bertz CT molecular complexity index is 1140. The van der Waals surface area contributed by atoms with Gasteiger partial charge in [0.15, 0.2) is 0 Å². The molecule has 7 nitrogen and oxygen atoms in total. The van der Waals surface area contributed by atoms with Gasteiger partial charge in [0.2, 0.25) is 5.91 Å². The number of nitrogens with zero attached hydrogens (tertiary/aromatic N) is 3. The predicted molar refractivity (Wildman–Crippen MR) is 134 cm³/mol. The van der Waals surface area contributed by atoms with Gasteiger partial charge < -0.3 is 19.4 Å². The molecule has 0 radical (unpaired) electrons. The van der Waals surface area contributed by atoms with E-state index in [1.54, 1.807) is 6.20 Å². The third kappa shape index (κ3) is 5.90. The second-order valence-corrected chi connectivity index (χ2v) is 9.76. The van der Waals surface area contributed by atoms with Gasteiger partial charge in [0.1, 0.15) is 12.3 Å². The van der Waals surface area contributed by atoms with Crippen molar-refractivity contribution in [1.29, 1.82) is 0 Å². The van der Waals surface area contributed by atoms with Crippen LogP contribution >= 0.6 is 0 Å². The number of likely N-dealkylation sites (tertiary alicyclic amines) is 1. The number of hydrogen-bond donors (Lipinski definition) is 1. The second kappa shape index (κ2) is 11.0. The van der Waals surface area contributed by atoms with Gasteiger partial charge in [-0.15, -0.1) is 0 Å². The molecule has 2 aromatic heterocycles. The van der Waals surface area contributed by atoms with Crippen molar-refractivity contribution in [2.75, 3.05) is 19.7 Å². The lowest BCUT2D eigenvalue weighted by Gasteiger charge is -2.33. The van der Waals surface area contributed by atoms with Crippen LogP contribution in [0.5, 0.6) is 0 Å². The van der Waals surface area contributed by atoms with E-state index in [1.165, 1.54) is 24.8 Å². The molecule has 1 aromatic carbocycles. The number of nitrogens with one attached hydrogen (secondary N) is 1. The molecule has 0 spiro atoms. The number of pyridine rings is 1. The molecule has 1 aliphatic heterocycles. The monoisotopic (exact) mass is 474 g/mol. The van der Waals surface area contributed by atoms with Crippen LogP contribution in [-0.2, 0) is 16.1 Å². The molecule has 3 heterocycles. The minimum atomic E-state index is -0.0850. The first-order chi connectivity index (χ1) is 17.2. The summed E-state index contributed by atoms with van der Waals surface area (Å²) in [6, 6.07) is 11.9. The van der Waals surface area contributed by atoms with E-state index in [2.05, 4.69) is 22.4 Å². The molecular formula is C28H34N4O3. The van der Waals surface area contributed by atoms with E-state index in [-0.39, 0.29) is 24.5 Å². The van der Waals surface area contributed by atoms with Crippen molar-refractivity contribution in [3.8, 4) is 0 Å². The summed E-state index contributed by atoms with van der Waals surface area (Å²) >= 11 is 0. The highest BCUT2D eigenvalue weighted by atomic mass is 16.5. The van der Waals surface area contributed by atoms with Crippen molar-refractivity contribution >= 4 is 17.5 Å². The predicted octanol–water partition coefficient (Wildman–Crippen LogP) is 4.32. The van der Waals surface area contributed by atoms with Crippen LogP contribution in [0.1, 0.15) is 72.3 Å². The zero-order chi connectivity index (χ0) is 24.0. The lowest BCUT2D eigenvalue weighted by molar-refractivity contribution is -0.139. The number of aromatic nitrogens is 2. The summed E-state index contributed by atoms with van der Waals surface area (Å²) in [7, 11) is 0. The number of carbonyl (C=O) groups is 2. The molecule has 2 fully saturated rings. The number of rotatable bonds is 7. The zero-order valence-corrected chi connectivity index (χ0v) is 20.2. The average molecular weight is 475 g/mol. The van der Waals surface area contributed by atoms with Gasteiger partial charge in [0.25, 0.3) is 5.91 Å². The van der Waals surface area contributed by atoms with Crippen molar-refractivity contribution in [3.05, 3.63) is 71.7 Å². The first kappa shape index (κ1) is 23.5. The summed E-state index contributed by atoms with van der Waals surface area (Å²) in [6.07, 6.45) is 13.6. The highest BCUT2D eigenvalue weighted by Gasteiger charge is 2.25. The summed E-state index contributed by atoms with van der Waals surface area (Å²) in [5.41, 5.74) is 3.77. The van der Waals surface area contributed by atoms with Crippen LogP contribution in [0.25, 0.3) is 5.65 Å². The minimum Gasteiger partial charge on any atom is -0.368 e. The van der Waals surface area contributed by atoms with E-state index in [9.17, 15) is 9.59 Å². The molecule has 0 bridgehead atoms. The van der Waals surface area contributed by atoms with Crippen LogP contribution in [0.15, 0.2) is 55.0 Å². The molecule has 1 aliphatic carbocycles. The SMILES string of the molecule is O=C(NCc1ccn2ccnc2c1)c1ccc(C2CCN(C(=O)COC3CCCCC3)CC2)cc1. The van der Waals surface area contributed by atoms with Crippen LogP contribution in [0.3, 0.4) is 0 Å². The Kier molecular flexibility index (Phi) is 7.42. The fourth-order valence-electron chi connectivity index (χ4n) is 5.23. The standard InChI is InChI=1S/C28H34N4O3/c33-27(20-35-25-4-2-1-3-5-25)32-15-11-23(12-16-32)22-6-8-24(9-7-22)28(34)30-19-21-10-14-31-17-13-29-26(31)18-21/h6-10,13-14,17-18,23,25H,1-5,11-12,15-16,19-20H2,(H,30,34). The quantitative estimate of drug-likeness (QED) is 0.553. The van der Waals surface area contributed by atoms with E-state index in [4.69, 9.17) is 4.74 Å². The molecule has 1 N–H and O–H groups in total. The van der Waals surface area contributed by atoms with E-state index in [1.807, 2.05) is 46.0 Å². The highest BCUT2D eigenvalue weighted by molar-refractivity contribution is 5.94. The van der Waals surface area contributed by atoms with Crippen molar-refractivity contribution in [1.82, 2.24) is 19.6 Å². The summed E-state index contributed by atoms with van der Waals surface area (Å²) in [5.74, 6) is 0.447. The Morgan fingerprint density at radius 1 is 0.971 bits per heavy atom. The molecular weight excluding hydrogens is 440 g/mol. The third-order valence-corrected chi connectivity index (χ3v) is 7.40. The van der Waals surface area contributed by atoms with Gasteiger partial charge in [-0.2, -0.15) is 0 Å². The molecule has 0 atom stereocenters. The fraction of sp³-hybridized carbons (Fsp3) is 0.464. The molecule has 5 rings (SSSR count). The van der Waals surface area contributed by atoms with Gasteiger partial charge in [-0.1, -0.05) is 31.4 Å². The number of imidazole rings is 1. The van der Waals surface area contributed by atoms with E-state index in [0.29, 0.717) is 18.0 Å². The van der Waals surface area contributed by atoms with Gasteiger partial charge in [-0.3, -0.25) is 9.59 Å². The first-order valence-corrected chi connectivity index (χ1v) is 12.8. The maximum Gasteiger partial charge on any atom is 0.251 e. The van der Waals surface area contributed by atoms with Gasteiger partial charge >= 0.3 is 0 Å². The molecule has 1 saturated carbocycles. The van der Waals surface area contributed by atoms with Crippen LogP contribution in [0.4, 0.5) is 0 Å². The summed E-state index contributed by atoms with van der Waals surface area (Å²) in [5, 5.41) is 2.99. The summed E-state index contributed by atoms with van der Waals surface area (Å²) in [4.78, 5) is 31.4. The van der Waals surface area contributed by atoms with Gasteiger partial charge in [0, 0.05) is 43.8 Å². The average Bonchev–Trinajstić information content (AvgIpc) is 3.39. The number of benzene rings is 1. The van der Waals surface area contributed by atoms with Crippen molar-refractivity contribution in [2.24, 2.45) is 0 Å². The van der Waals surface area contributed by atoms with E-state index >= 15 is 0 Å². The van der Waals surface area contributed by atoms with Gasteiger partial charge in [0.05, 0.1) is 6.10 Å². The molecule has 0 unspecified atom stereocenters. The topological polar surface area (TPSA) is 75.9 Å². The molecule has 2 aliphatic rings. The largest absolute Gasteiger partial charge is 0.368 e. The minimum absolute atomic E-state index is 0.0850. The molecule has 1 saturated heterocycles. The smallest absolute Gasteiger partial charge is 0.251 e.